The lowest BCUT2D eigenvalue weighted by atomic mass is 10.1. The van der Waals surface area contributed by atoms with E-state index in [9.17, 15) is 4.79 Å². The van der Waals surface area contributed by atoms with Gasteiger partial charge in [-0.25, -0.2) is 0 Å². The highest BCUT2D eigenvalue weighted by Gasteiger charge is 2.11. The molecule has 0 bridgehead atoms. The Morgan fingerprint density at radius 1 is 1.32 bits per heavy atom. The lowest BCUT2D eigenvalue weighted by Crippen LogP contribution is -2.32. The molecule has 19 heavy (non-hydrogen) atoms. The molecule has 1 radical (unpaired) electrons. The maximum absolute atomic E-state index is 10.4. The number of carboxylic acids is 1. The maximum atomic E-state index is 10.4. The first-order valence-electron chi connectivity index (χ1n) is 5.19. The maximum Gasteiger partial charge on any atom is 0.482 e. The van der Waals surface area contributed by atoms with Crippen LogP contribution < -0.4 is 5.73 Å². The summed E-state index contributed by atoms with van der Waals surface area (Å²) in [5.74, 6) is -0.860. The summed E-state index contributed by atoms with van der Waals surface area (Å²) in [7, 11) is 3.25. The Morgan fingerprint density at radius 2 is 1.68 bits per heavy atom. The number of hydrogen-bond donors (Lipinski definition) is 5. The van der Waals surface area contributed by atoms with Crippen molar-refractivity contribution >= 4 is 13.7 Å². The van der Waals surface area contributed by atoms with Crippen molar-refractivity contribution in [3.8, 4) is 5.75 Å². The highest BCUT2D eigenvalue weighted by Crippen LogP contribution is 2.10. The predicted octanol–water partition coefficient (Wildman–Crippen LogP) is -0.886. The third kappa shape index (κ3) is 12.6. The zero-order valence-corrected chi connectivity index (χ0v) is 10.9. The fraction of sp³-hybridized carbons (Fsp3) is 0.364. The number of aliphatic carboxylic acids is 1. The van der Waals surface area contributed by atoms with Gasteiger partial charge < -0.3 is 30.7 Å². The first kappa shape index (κ1) is 19.7. The van der Waals surface area contributed by atoms with Crippen molar-refractivity contribution in [3.63, 3.8) is 0 Å². The van der Waals surface area contributed by atoms with Crippen LogP contribution in [0.15, 0.2) is 24.3 Å². The summed E-state index contributed by atoms with van der Waals surface area (Å²) in [5.41, 5.74) is 6.12. The molecular formula is C11H19BNO6. The molecule has 1 aromatic carbocycles. The van der Waals surface area contributed by atoms with Crippen molar-refractivity contribution in [2.45, 2.75) is 12.5 Å². The van der Waals surface area contributed by atoms with Crippen molar-refractivity contribution in [1.29, 1.82) is 0 Å². The largest absolute Gasteiger partial charge is 0.508 e. The number of hydrogen-bond acceptors (Lipinski definition) is 6. The third-order valence-corrected chi connectivity index (χ3v) is 1.71. The highest BCUT2D eigenvalue weighted by molar-refractivity contribution is 6.13. The summed E-state index contributed by atoms with van der Waals surface area (Å²) in [6, 6.07) is 5.42. The molecule has 1 rings (SSSR count). The van der Waals surface area contributed by atoms with E-state index in [2.05, 4.69) is 4.74 Å². The van der Waals surface area contributed by atoms with Gasteiger partial charge in [0.15, 0.2) is 0 Å². The summed E-state index contributed by atoms with van der Waals surface area (Å²) >= 11 is 0. The minimum absolute atomic E-state index is 0. The molecule has 0 aliphatic rings. The molecular weight excluding hydrogens is 253 g/mol. The predicted molar refractivity (Wildman–Crippen MR) is 70.5 cm³/mol. The quantitative estimate of drug-likeness (QED) is 0.451. The molecule has 1 aromatic rings. The normalized spacial score (nSPS) is 10.2. The van der Waals surface area contributed by atoms with E-state index in [1.807, 2.05) is 0 Å². The molecule has 0 fully saturated rings. The molecule has 0 aliphatic carbocycles. The summed E-state index contributed by atoms with van der Waals surface area (Å²) in [6.07, 6.45) is 0.273. The molecule has 0 saturated carbocycles. The smallest absolute Gasteiger partial charge is 0.482 e. The van der Waals surface area contributed by atoms with Gasteiger partial charge in [0.25, 0.3) is 0 Å². The molecule has 6 N–H and O–H groups in total. The topological polar surface area (TPSA) is 133 Å². The van der Waals surface area contributed by atoms with E-state index in [-0.39, 0.29) is 19.9 Å². The second-order valence-corrected chi connectivity index (χ2v) is 3.34. The Kier molecular flexibility index (Phi) is 13.3. The van der Waals surface area contributed by atoms with Crippen LogP contribution in [-0.4, -0.2) is 54.2 Å². The zero-order valence-electron chi connectivity index (χ0n) is 10.9. The number of rotatable bonds is 3. The minimum Gasteiger partial charge on any atom is -0.508 e. The number of benzene rings is 1. The van der Waals surface area contributed by atoms with Crippen LogP contribution in [0.5, 0.6) is 5.75 Å². The average Bonchev–Trinajstić information content (AvgIpc) is 2.34. The number of methoxy groups -OCH3 is 1. The summed E-state index contributed by atoms with van der Waals surface area (Å²) in [5, 5.41) is 31.5. The van der Waals surface area contributed by atoms with Gasteiger partial charge in [-0.05, 0) is 24.1 Å². The van der Waals surface area contributed by atoms with E-state index in [1.54, 1.807) is 26.4 Å². The van der Waals surface area contributed by atoms with Crippen molar-refractivity contribution in [2.24, 2.45) is 5.73 Å². The van der Waals surface area contributed by atoms with E-state index in [4.69, 9.17) is 26.0 Å². The molecule has 0 aromatic heterocycles. The van der Waals surface area contributed by atoms with E-state index >= 15 is 0 Å². The second-order valence-electron chi connectivity index (χ2n) is 3.34. The van der Waals surface area contributed by atoms with Gasteiger partial charge in [-0.3, -0.25) is 4.79 Å². The Morgan fingerprint density at radius 3 is 2.00 bits per heavy atom. The van der Waals surface area contributed by atoms with Crippen LogP contribution in [0.2, 0.25) is 0 Å². The molecule has 1 atom stereocenters. The van der Waals surface area contributed by atoms with Crippen LogP contribution in [0.1, 0.15) is 5.56 Å². The first-order valence-corrected chi connectivity index (χ1v) is 5.19. The van der Waals surface area contributed by atoms with E-state index in [0.29, 0.717) is 0 Å². The molecule has 0 heterocycles. The minimum atomic E-state index is -1.02. The number of carbonyl (C=O) groups is 1. The Hall–Kier alpha value is -1.61. The molecule has 0 aliphatic heterocycles. The Balaban J connectivity index is 0. The van der Waals surface area contributed by atoms with Crippen LogP contribution in [0, 0.1) is 0 Å². The van der Waals surface area contributed by atoms with Gasteiger partial charge in [0.05, 0.1) is 0 Å². The van der Waals surface area contributed by atoms with Gasteiger partial charge in [-0.2, -0.15) is 0 Å². The SMILES string of the molecule is COC.NC(Cc1ccc(O)cc1)C(=O)O.O[B]O. The number of aromatic hydroxyl groups is 1. The van der Waals surface area contributed by atoms with Gasteiger partial charge in [0.1, 0.15) is 11.8 Å². The number of nitrogens with two attached hydrogens (primary N) is 1. The van der Waals surface area contributed by atoms with Crippen LogP contribution >= 0.6 is 0 Å². The van der Waals surface area contributed by atoms with Crippen molar-refractivity contribution in [2.75, 3.05) is 14.2 Å². The van der Waals surface area contributed by atoms with Crippen molar-refractivity contribution in [3.05, 3.63) is 29.8 Å². The van der Waals surface area contributed by atoms with Crippen LogP contribution in [0.25, 0.3) is 0 Å². The molecule has 0 amide bonds. The Bertz CT molecular complexity index is 330. The van der Waals surface area contributed by atoms with Crippen molar-refractivity contribution in [1.82, 2.24) is 0 Å². The summed E-state index contributed by atoms with van der Waals surface area (Å²) in [4.78, 5) is 10.4. The Labute approximate surface area is 112 Å². The third-order valence-electron chi connectivity index (χ3n) is 1.71. The molecule has 8 heteroatoms. The zero-order chi connectivity index (χ0) is 15.3. The van der Waals surface area contributed by atoms with Gasteiger partial charge in [-0.15, -0.1) is 0 Å². The monoisotopic (exact) mass is 272 g/mol. The lowest BCUT2D eigenvalue weighted by molar-refractivity contribution is -0.138. The second kappa shape index (κ2) is 12.8. The molecule has 7 nitrogen and oxygen atoms in total. The fourth-order valence-electron chi connectivity index (χ4n) is 0.973. The van der Waals surface area contributed by atoms with Gasteiger partial charge >= 0.3 is 13.7 Å². The highest BCUT2D eigenvalue weighted by atomic mass is 16.4. The lowest BCUT2D eigenvalue weighted by Gasteiger charge is -2.05. The first-order chi connectivity index (χ1) is 8.92. The standard InChI is InChI=1S/C9H11NO3.C2H6O.BH2O2/c10-8(9(12)13)5-6-1-3-7(11)4-2-6;1-3-2;2-1-3/h1-4,8,11H,5,10H2,(H,12,13);1-2H3;2-3H. The van der Waals surface area contributed by atoms with Crippen LogP contribution in [0.4, 0.5) is 0 Å². The van der Waals surface area contributed by atoms with Crippen LogP contribution in [-0.2, 0) is 16.0 Å². The van der Waals surface area contributed by atoms with E-state index in [1.165, 1.54) is 12.1 Å². The molecule has 0 spiro atoms. The average molecular weight is 272 g/mol. The van der Waals surface area contributed by atoms with Gasteiger partial charge in [-0.1, -0.05) is 12.1 Å². The molecule has 107 valence electrons. The number of phenols is 1. The summed E-state index contributed by atoms with van der Waals surface area (Å²) in [6.45, 7) is 0. The summed E-state index contributed by atoms with van der Waals surface area (Å²) < 4.78 is 4.25. The van der Waals surface area contributed by atoms with Crippen LogP contribution in [0.3, 0.4) is 0 Å². The number of carboxylic acid groups (broad SMARTS) is 1. The molecule has 0 saturated heterocycles. The van der Waals surface area contributed by atoms with Crippen molar-refractivity contribution < 1.29 is 29.8 Å². The fourth-order valence-corrected chi connectivity index (χ4v) is 0.973. The van der Waals surface area contributed by atoms with E-state index < -0.39 is 12.0 Å². The van der Waals surface area contributed by atoms with E-state index in [0.717, 1.165) is 5.56 Å². The number of phenolic OH excluding ortho intramolecular Hbond substituents is 1. The number of ether oxygens (including phenoxy) is 1. The molecule has 1 unspecified atom stereocenters. The van der Waals surface area contributed by atoms with Gasteiger partial charge in [0.2, 0.25) is 0 Å². The van der Waals surface area contributed by atoms with Gasteiger partial charge in [0, 0.05) is 14.2 Å².